The van der Waals surface area contributed by atoms with Crippen molar-refractivity contribution in [2.75, 3.05) is 11.9 Å². The van der Waals surface area contributed by atoms with Crippen molar-refractivity contribution in [1.82, 2.24) is 9.88 Å². The fourth-order valence-electron chi connectivity index (χ4n) is 2.21. The predicted octanol–water partition coefficient (Wildman–Crippen LogP) is 2.94. The molecule has 0 saturated carbocycles. The Morgan fingerprint density at radius 1 is 1.33 bits per heavy atom. The first-order chi connectivity index (χ1) is 10.0. The number of aliphatic hydroxyl groups excluding tert-OH is 1. The summed E-state index contributed by atoms with van der Waals surface area (Å²) < 4.78 is 2.13. The van der Waals surface area contributed by atoms with Crippen LogP contribution in [0.25, 0.3) is 10.9 Å². The molecule has 1 unspecified atom stereocenters. The van der Waals surface area contributed by atoms with Crippen molar-refractivity contribution in [1.29, 1.82) is 0 Å². The van der Waals surface area contributed by atoms with Gasteiger partial charge in [-0.25, -0.2) is 4.79 Å². The van der Waals surface area contributed by atoms with Crippen molar-refractivity contribution >= 4 is 22.6 Å². The minimum Gasteiger partial charge on any atom is -0.394 e. The molecule has 0 bridgehead atoms. The lowest BCUT2D eigenvalue weighted by Gasteiger charge is -2.27. The normalized spacial score (nSPS) is 13.9. The minimum absolute atomic E-state index is 0.0887. The fourth-order valence-corrected chi connectivity index (χ4v) is 2.21. The number of hydrogen-bond acceptors (Lipinski definition) is 2. The molecule has 1 atom stereocenters. The molecule has 5 heteroatoms. The van der Waals surface area contributed by atoms with Crippen molar-refractivity contribution in [3.63, 3.8) is 0 Å². The number of aliphatic hydroxyl groups is 1. The van der Waals surface area contributed by atoms with Crippen LogP contribution < -0.4 is 10.6 Å². The van der Waals surface area contributed by atoms with E-state index in [2.05, 4.69) is 28.2 Å². The number of anilines is 1. The van der Waals surface area contributed by atoms with Crippen LogP contribution in [0.2, 0.25) is 0 Å². The Morgan fingerprint density at radius 2 is 2.10 bits per heavy atom. The van der Waals surface area contributed by atoms with Gasteiger partial charge in [0.15, 0.2) is 0 Å². The molecule has 0 saturated heterocycles. The van der Waals surface area contributed by atoms with Crippen LogP contribution in [-0.4, -0.2) is 27.9 Å². The lowest BCUT2D eigenvalue weighted by molar-refractivity contribution is 0.172. The van der Waals surface area contributed by atoms with E-state index >= 15 is 0 Å². The number of aryl methyl sites for hydroxylation is 1. The number of urea groups is 1. The number of fused-ring (bicyclic) bond motifs is 1. The van der Waals surface area contributed by atoms with E-state index in [9.17, 15) is 9.90 Å². The molecular formula is C16H23N3O2. The van der Waals surface area contributed by atoms with Crippen molar-refractivity contribution in [3.8, 4) is 0 Å². The number of rotatable bonds is 5. The number of nitrogens with zero attached hydrogens (tertiary/aromatic N) is 1. The summed E-state index contributed by atoms with van der Waals surface area (Å²) in [5.41, 5.74) is 1.23. The zero-order chi connectivity index (χ0) is 15.5. The number of carbonyl (C=O) groups is 1. The Labute approximate surface area is 125 Å². The Hall–Kier alpha value is -2.01. The average Bonchev–Trinajstić information content (AvgIpc) is 2.89. The largest absolute Gasteiger partial charge is 0.394 e. The molecule has 0 fully saturated rings. The maximum Gasteiger partial charge on any atom is 0.319 e. The maximum absolute atomic E-state index is 12.0. The molecule has 5 nitrogen and oxygen atoms in total. The highest BCUT2D eigenvalue weighted by Crippen LogP contribution is 2.20. The van der Waals surface area contributed by atoms with E-state index in [4.69, 9.17) is 0 Å². The molecule has 2 amide bonds. The number of aromatic nitrogens is 1. The number of carbonyl (C=O) groups excluding carboxylic acids is 1. The van der Waals surface area contributed by atoms with Crippen LogP contribution in [-0.2, 0) is 6.54 Å². The van der Waals surface area contributed by atoms with Gasteiger partial charge in [-0.15, -0.1) is 0 Å². The Balaban J connectivity index is 2.14. The second kappa shape index (κ2) is 6.18. The lowest BCUT2D eigenvalue weighted by Crippen LogP contribution is -2.50. The van der Waals surface area contributed by atoms with E-state index in [0.717, 1.165) is 23.1 Å². The average molecular weight is 289 g/mol. The van der Waals surface area contributed by atoms with Gasteiger partial charge in [0.05, 0.1) is 17.7 Å². The van der Waals surface area contributed by atoms with E-state index in [1.165, 1.54) is 0 Å². The van der Waals surface area contributed by atoms with E-state index < -0.39 is 5.54 Å². The molecule has 114 valence electrons. The quantitative estimate of drug-likeness (QED) is 0.792. The zero-order valence-electron chi connectivity index (χ0n) is 12.8. The van der Waals surface area contributed by atoms with Gasteiger partial charge in [0.2, 0.25) is 0 Å². The van der Waals surface area contributed by atoms with Gasteiger partial charge in [-0.1, -0.05) is 13.0 Å². The molecule has 0 radical (unpaired) electrons. The first-order valence-corrected chi connectivity index (χ1v) is 7.30. The number of nitrogens with one attached hydrogen (secondary N) is 2. The number of hydrogen-bond donors (Lipinski definition) is 3. The van der Waals surface area contributed by atoms with Gasteiger partial charge in [-0.2, -0.15) is 0 Å². The third-order valence-corrected chi connectivity index (χ3v) is 3.92. The molecular weight excluding hydrogens is 266 g/mol. The van der Waals surface area contributed by atoms with Gasteiger partial charge >= 0.3 is 6.03 Å². The molecule has 0 aliphatic carbocycles. The molecule has 1 aromatic heterocycles. The Morgan fingerprint density at radius 3 is 2.71 bits per heavy atom. The maximum atomic E-state index is 12.0. The zero-order valence-corrected chi connectivity index (χ0v) is 12.8. The molecule has 3 N–H and O–H groups in total. The Kier molecular flexibility index (Phi) is 4.53. The lowest BCUT2D eigenvalue weighted by atomic mass is 10.0. The third kappa shape index (κ3) is 3.36. The highest BCUT2D eigenvalue weighted by Gasteiger charge is 2.23. The smallest absolute Gasteiger partial charge is 0.319 e. The summed E-state index contributed by atoms with van der Waals surface area (Å²) in [5, 5.41) is 16.1. The van der Waals surface area contributed by atoms with Crippen LogP contribution in [0.4, 0.5) is 10.5 Å². The van der Waals surface area contributed by atoms with Crippen LogP contribution in [0, 0.1) is 0 Å². The monoisotopic (exact) mass is 289 g/mol. The molecule has 21 heavy (non-hydrogen) atoms. The van der Waals surface area contributed by atoms with Gasteiger partial charge in [-0.05, 0) is 43.9 Å². The van der Waals surface area contributed by atoms with E-state index in [1.807, 2.05) is 38.2 Å². The highest BCUT2D eigenvalue weighted by molar-refractivity contribution is 5.93. The number of amides is 2. The molecule has 0 aliphatic rings. The molecule has 0 aliphatic heterocycles. The van der Waals surface area contributed by atoms with Crippen LogP contribution in [0.5, 0.6) is 0 Å². The fraction of sp³-hybridized carbons (Fsp3) is 0.438. The van der Waals surface area contributed by atoms with Crippen molar-refractivity contribution in [3.05, 3.63) is 30.5 Å². The van der Waals surface area contributed by atoms with Crippen LogP contribution >= 0.6 is 0 Å². The first kappa shape index (κ1) is 15.4. The first-order valence-electron chi connectivity index (χ1n) is 7.30. The topological polar surface area (TPSA) is 66.3 Å². The van der Waals surface area contributed by atoms with Crippen LogP contribution in [0.1, 0.15) is 27.2 Å². The van der Waals surface area contributed by atoms with Gasteiger partial charge in [-0.3, -0.25) is 0 Å². The summed E-state index contributed by atoms with van der Waals surface area (Å²) in [5.74, 6) is 0. The molecule has 1 heterocycles. The third-order valence-electron chi connectivity index (χ3n) is 3.92. The molecule has 0 spiro atoms. The summed E-state index contributed by atoms with van der Waals surface area (Å²) in [6.07, 6.45) is 2.70. The van der Waals surface area contributed by atoms with E-state index in [1.54, 1.807) is 0 Å². The van der Waals surface area contributed by atoms with Crippen LogP contribution in [0.15, 0.2) is 30.5 Å². The van der Waals surface area contributed by atoms with Crippen molar-refractivity contribution in [2.45, 2.75) is 39.3 Å². The highest BCUT2D eigenvalue weighted by atomic mass is 16.3. The van der Waals surface area contributed by atoms with Gasteiger partial charge in [0.1, 0.15) is 0 Å². The molecule has 1 aromatic carbocycles. The Bertz CT molecular complexity index is 629. The standard InChI is InChI=1S/C16H23N3O2/c1-4-16(3,11-20)18-15(21)17-13-7-6-12-8-9-19(5-2)14(12)10-13/h6-10,20H,4-5,11H2,1-3H3,(H2,17,18,21). The van der Waals surface area contributed by atoms with Crippen LogP contribution in [0.3, 0.4) is 0 Å². The van der Waals surface area contributed by atoms with Gasteiger partial charge in [0, 0.05) is 18.4 Å². The van der Waals surface area contributed by atoms with Crippen molar-refractivity contribution < 1.29 is 9.90 Å². The van der Waals surface area contributed by atoms with Crippen molar-refractivity contribution in [2.24, 2.45) is 0 Å². The predicted molar refractivity (Wildman–Crippen MR) is 85.5 cm³/mol. The molecule has 2 rings (SSSR count). The second-order valence-corrected chi connectivity index (χ2v) is 5.53. The number of benzene rings is 1. The summed E-state index contributed by atoms with van der Waals surface area (Å²) >= 11 is 0. The van der Waals surface area contributed by atoms with E-state index in [-0.39, 0.29) is 12.6 Å². The summed E-state index contributed by atoms with van der Waals surface area (Å²) in [6.45, 7) is 6.63. The summed E-state index contributed by atoms with van der Waals surface area (Å²) in [4.78, 5) is 12.0. The SMILES string of the molecule is CCn1ccc2ccc(NC(=O)NC(C)(CC)CO)cc21. The van der Waals surface area contributed by atoms with E-state index in [0.29, 0.717) is 6.42 Å². The second-order valence-electron chi connectivity index (χ2n) is 5.53. The molecule has 2 aromatic rings. The van der Waals surface area contributed by atoms with Gasteiger partial charge < -0.3 is 20.3 Å². The summed E-state index contributed by atoms with van der Waals surface area (Å²) in [6, 6.07) is 7.58. The minimum atomic E-state index is -0.599. The van der Waals surface area contributed by atoms with Gasteiger partial charge in [0.25, 0.3) is 0 Å². The summed E-state index contributed by atoms with van der Waals surface area (Å²) in [7, 11) is 0.